The maximum absolute atomic E-state index is 12.4. The molecule has 1 N–H and O–H groups in total. The fraction of sp³-hybridized carbons (Fsp3) is 0.929. The molecule has 3 heteroatoms. The van der Waals surface area contributed by atoms with Gasteiger partial charge in [-0.05, 0) is 44.1 Å². The second-order valence-corrected chi connectivity index (χ2v) is 5.97. The quantitative estimate of drug-likeness (QED) is 0.808. The summed E-state index contributed by atoms with van der Waals surface area (Å²) in [6.45, 7) is 5.10. The molecule has 3 unspecified atom stereocenters. The van der Waals surface area contributed by atoms with Gasteiger partial charge in [-0.3, -0.25) is 4.79 Å². The molecule has 1 amide bonds. The van der Waals surface area contributed by atoms with Gasteiger partial charge in [-0.1, -0.05) is 13.3 Å². The lowest BCUT2D eigenvalue weighted by atomic mass is 10.0. The molecule has 3 atom stereocenters. The zero-order valence-electron chi connectivity index (χ0n) is 10.8. The largest absolute Gasteiger partial charge is 0.341 e. The third kappa shape index (κ3) is 2.10. The minimum atomic E-state index is 0.420. The fourth-order valence-electron chi connectivity index (χ4n) is 4.03. The maximum Gasteiger partial charge on any atom is 0.226 e. The molecule has 3 aliphatic rings. The van der Waals surface area contributed by atoms with Crippen molar-refractivity contribution in [2.24, 2.45) is 17.8 Å². The molecule has 0 aromatic carbocycles. The van der Waals surface area contributed by atoms with Crippen molar-refractivity contribution in [1.82, 2.24) is 10.2 Å². The number of amides is 1. The topological polar surface area (TPSA) is 32.3 Å². The van der Waals surface area contributed by atoms with E-state index in [9.17, 15) is 4.79 Å². The molecule has 1 aliphatic heterocycles. The minimum Gasteiger partial charge on any atom is -0.341 e. The van der Waals surface area contributed by atoms with Crippen LogP contribution in [0.1, 0.15) is 39.0 Å². The van der Waals surface area contributed by atoms with Crippen LogP contribution < -0.4 is 5.32 Å². The lowest BCUT2D eigenvalue weighted by Crippen LogP contribution is -2.48. The summed E-state index contributed by atoms with van der Waals surface area (Å²) in [6.07, 6.45) is 6.39. The fourth-order valence-corrected chi connectivity index (χ4v) is 4.03. The Bertz CT molecular complexity index is 293. The average molecular weight is 236 g/mol. The zero-order chi connectivity index (χ0) is 11.8. The molecule has 0 spiro atoms. The van der Waals surface area contributed by atoms with Crippen LogP contribution in [0.25, 0.3) is 0 Å². The van der Waals surface area contributed by atoms with E-state index < -0.39 is 0 Å². The van der Waals surface area contributed by atoms with E-state index in [1.54, 1.807) is 0 Å². The first-order chi connectivity index (χ1) is 8.31. The molecule has 0 aromatic rings. The van der Waals surface area contributed by atoms with Gasteiger partial charge in [0.05, 0.1) is 0 Å². The molecule has 1 saturated heterocycles. The number of rotatable bonds is 3. The average Bonchev–Trinajstić information content (AvgIpc) is 2.82. The van der Waals surface area contributed by atoms with Crippen LogP contribution in [0.4, 0.5) is 0 Å². The molecule has 3 rings (SSSR count). The molecule has 0 radical (unpaired) electrons. The lowest BCUT2D eigenvalue weighted by Gasteiger charge is -2.33. The van der Waals surface area contributed by atoms with Gasteiger partial charge in [0.25, 0.3) is 0 Å². The van der Waals surface area contributed by atoms with Crippen LogP contribution in [0, 0.1) is 17.8 Å². The summed E-state index contributed by atoms with van der Waals surface area (Å²) in [5.41, 5.74) is 0. The summed E-state index contributed by atoms with van der Waals surface area (Å²) in [5, 5.41) is 3.49. The highest BCUT2D eigenvalue weighted by Gasteiger charge is 2.57. The van der Waals surface area contributed by atoms with E-state index in [2.05, 4.69) is 17.1 Å². The van der Waals surface area contributed by atoms with Gasteiger partial charge < -0.3 is 10.2 Å². The van der Waals surface area contributed by atoms with Crippen LogP contribution in [0.3, 0.4) is 0 Å². The molecule has 0 aromatic heterocycles. The Labute approximate surface area is 104 Å². The third-order valence-corrected chi connectivity index (χ3v) is 4.92. The van der Waals surface area contributed by atoms with Crippen LogP contribution in [-0.4, -0.2) is 36.5 Å². The highest BCUT2D eigenvalue weighted by atomic mass is 16.2. The number of carbonyl (C=O) groups is 1. The van der Waals surface area contributed by atoms with Crippen molar-refractivity contribution in [2.45, 2.75) is 45.1 Å². The Kier molecular flexibility index (Phi) is 3.12. The Balaban J connectivity index is 1.55. The number of carbonyl (C=O) groups excluding carboxylic acids is 1. The molecule has 2 aliphatic carbocycles. The van der Waals surface area contributed by atoms with E-state index in [1.807, 2.05) is 0 Å². The summed E-state index contributed by atoms with van der Waals surface area (Å²) in [4.78, 5) is 14.6. The minimum absolute atomic E-state index is 0.420. The van der Waals surface area contributed by atoms with Crippen LogP contribution in [-0.2, 0) is 4.79 Å². The van der Waals surface area contributed by atoms with Gasteiger partial charge in [0.2, 0.25) is 5.91 Å². The number of nitrogens with zero attached hydrogens (tertiary/aromatic N) is 1. The van der Waals surface area contributed by atoms with Crippen molar-refractivity contribution in [1.29, 1.82) is 0 Å². The van der Waals surface area contributed by atoms with E-state index in [4.69, 9.17) is 0 Å². The van der Waals surface area contributed by atoms with Crippen molar-refractivity contribution in [2.75, 3.05) is 19.6 Å². The van der Waals surface area contributed by atoms with E-state index >= 15 is 0 Å². The highest BCUT2D eigenvalue weighted by Crippen LogP contribution is 2.58. The second-order valence-electron chi connectivity index (χ2n) is 5.97. The first-order valence-corrected chi connectivity index (χ1v) is 7.33. The second kappa shape index (κ2) is 4.60. The maximum atomic E-state index is 12.4. The molecule has 96 valence electrons. The van der Waals surface area contributed by atoms with Crippen LogP contribution >= 0.6 is 0 Å². The smallest absolute Gasteiger partial charge is 0.226 e. The number of hydrogen-bond acceptors (Lipinski definition) is 2. The first-order valence-electron chi connectivity index (χ1n) is 7.33. The van der Waals surface area contributed by atoms with Gasteiger partial charge in [0, 0.05) is 25.0 Å². The van der Waals surface area contributed by atoms with Gasteiger partial charge >= 0.3 is 0 Å². The van der Waals surface area contributed by atoms with Gasteiger partial charge in [-0.15, -0.1) is 0 Å². The van der Waals surface area contributed by atoms with Crippen molar-refractivity contribution < 1.29 is 4.79 Å². The molecule has 3 fully saturated rings. The molecule has 0 bridgehead atoms. The highest BCUT2D eigenvalue weighted by molar-refractivity contribution is 5.82. The first kappa shape index (κ1) is 11.5. The van der Waals surface area contributed by atoms with Gasteiger partial charge in [-0.2, -0.15) is 0 Å². The SMILES string of the molecule is CCNC1CCCN(C(=O)C2C3CCCC32)C1. The van der Waals surface area contributed by atoms with E-state index in [0.717, 1.165) is 31.5 Å². The van der Waals surface area contributed by atoms with E-state index in [0.29, 0.717) is 17.9 Å². The van der Waals surface area contributed by atoms with Crippen molar-refractivity contribution in [3.63, 3.8) is 0 Å². The molecule has 3 nitrogen and oxygen atoms in total. The van der Waals surface area contributed by atoms with Crippen molar-refractivity contribution in [3.05, 3.63) is 0 Å². The molecular formula is C14H24N2O. The van der Waals surface area contributed by atoms with E-state index in [-0.39, 0.29) is 0 Å². The number of likely N-dealkylation sites (N-methyl/N-ethyl adjacent to an activating group) is 1. The van der Waals surface area contributed by atoms with E-state index in [1.165, 1.54) is 32.1 Å². The monoisotopic (exact) mass is 236 g/mol. The molecular weight excluding hydrogens is 212 g/mol. The lowest BCUT2D eigenvalue weighted by molar-refractivity contribution is -0.134. The predicted octanol–water partition coefficient (Wildman–Crippen LogP) is 1.63. The van der Waals surface area contributed by atoms with Gasteiger partial charge in [-0.25, -0.2) is 0 Å². The Morgan fingerprint density at radius 1 is 1.24 bits per heavy atom. The Hall–Kier alpha value is -0.570. The van der Waals surface area contributed by atoms with Crippen molar-refractivity contribution in [3.8, 4) is 0 Å². The summed E-state index contributed by atoms with van der Waals surface area (Å²) >= 11 is 0. The van der Waals surface area contributed by atoms with Gasteiger partial charge in [0.1, 0.15) is 0 Å². The number of fused-ring (bicyclic) bond motifs is 1. The number of hydrogen-bond donors (Lipinski definition) is 1. The summed E-state index contributed by atoms with van der Waals surface area (Å²) < 4.78 is 0. The summed E-state index contributed by atoms with van der Waals surface area (Å²) in [5.74, 6) is 2.43. The third-order valence-electron chi connectivity index (χ3n) is 4.92. The molecule has 17 heavy (non-hydrogen) atoms. The number of likely N-dealkylation sites (tertiary alicyclic amines) is 1. The molecule has 2 saturated carbocycles. The Morgan fingerprint density at radius 2 is 2.00 bits per heavy atom. The molecule has 1 heterocycles. The normalized spacial score (nSPS) is 40.2. The standard InChI is InChI=1S/C14H24N2O/c1-2-15-10-5-4-8-16(9-10)14(17)13-11-6-3-7-12(11)13/h10-13,15H,2-9H2,1H3. The number of piperidine rings is 1. The predicted molar refractivity (Wildman–Crippen MR) is 67.6 cm³/mol. The van der Waals surface area contributed by atoms with Crippen LogP contribution in [0.2, 0.25) is 0 Å². The van der Waals surface area contributed by atoms with Crippen LogP contribution in [0.15, 0.2) is 0 Å². The van der Waals surface area contributed by atoms with Gasteiger partial charge in [0.15, 0.2) is 0 Å². The zero-order valence-corrected chi connectivity index (χ0v) is 10.8. The summed E-state index contributed by atoms with van der Waals surface area (Å²) in [6, 6.07) is 0.538. The number of nitrogens with one attached hydrogen (secondary N) is 1. The Morgan fingerprint density at radius 3 is 2.71 bits per heavy atom. The van der Waals surface area contributed by atoms with Crippen LogP contribution in [0.5, 0.6) is 0 Å². The summed E-state index contributed by atoms with van der Waals surface area (Å²) in [7, 11) is 0. The van der Waals surface area contributed by atoms with Crippen molar-refractivity contribution >= 4 is 5.91 Å².